The van der Waals surface area contributed by atoms with Crippen LogP contribution in [0, 0.1) is 5.92 Å². The van der Waals surface area contributed by atoms with Crippen molar-refractivity contribution in [1.29, 1.82) is 0 Å². The molecule has 1 aliphatic rings. The first-order chi connectivity index (χ1) is 9.62. The van der Waals surface area contributed by atoms with E-state index in [1.54, 1.807) is 0 Å². The molecule has 1 atom stereocenters. The zero-order chi connectivity index (χ0) is 14.5. The van der Waals surface area contributed by atoms with Crippen molar-refractivity contribution in [3.05, 3.63) is 11.9 Å². The quantitative estimate of drug-likeness (QED) is 0.753. The predicted molar refractivity (Wildman–Crippen MR) is 85.3 cm³/mol. The minimum Gasteiger partial charge on any atom is -0.370 e. The third-order valence-corrected chi connectivity index (χ3v) is 3.78. The van der Waals surface area contributed by atoms with Crippen molar-refractivity contribution in [2.45, 2.75) is 65.3 Å². The standard InChI is InChI=1S/C16H28N4/c1-5-13(9-12-7-8-12)18-15-10-14(17-6-2)19-16(20-15)11(3)4/h10-13H,5-9H2,1-4H3,(H2,17,18,19,20). The van der Waals surface area contributed by atoms with Gasteiger partial charge in [-0.15, -0.1) is 0 Å². The molecule has 1 aliphatic carbocycles. The number of hydrogen-bond acceptors (Lipinski definition) is 4. The van der Waals surface area contributed by atoms with Crippen molar-refractivity contribution in [3.8, 4) is 0 Å². The molecule has 1 saturated carbocycles. The highest BCUT2D eigenvalue weighted by atomic mass is 15.1. The Kier molecular flexibility index (Phi) is 5.21. The number of anilines is 2. The lowest BCUT2D eigenvalue weighted by Crippen LogP contribution is -2.21. The van der Waals surface area contributed by atoms with Crippen LogP contribution in [0.25, 0.3) is 0 Å². The molecule has 0 aliphatic heterocycles. The average Bonchev–Trinajstić information content (AvgIpc) is 3.22. The van der Waals surface area contributed by atoms with Crippen LogP contribution in [0.5, 0.6) is 0 Å². The molecule has 4 nitrogen and oxygen atoms in total. The summed E-state index contributed by atoms with van der Waals surface area (Å²) in [6.45, 7) is 9.49. The van der Waals surface area contributed by atoms with Crippen LogP contribution in [0.1, 0.15) is 65.1 Å². The van der Waals surface area contributed by atoms with Crippen molar-refractivity contribution in [2.75, 3.05) is 17.2 Å². The van der Waals surface area contributed by atoms with Gasteiger partial charge in [-0.2, -0.15) is 0 Å². The zero-order valence-corrected chi connectivity index (χ0v) is 13.2. The Balaban J connectivity index is 2.10. The summed E-state index contributed by atoms with van der Waals surface area (Å²) in [5, 5.41) is 6.90. The molecule has 1 fully saturated rings. The van der Waals surface area contributed by atoms with E-state index in [1.807, 2.05) is 6.07 Å². The van der Waals surface area contributed by atoms with Crippen LogP contribution in [-0.4, -0.2) is 22.6 Å². The lowest BCUT2D eigenvalue weighted by atomic mass is 10.1. The first kappa shape index (κ1) is 15.1. The first-order valence-electron chi connectivity index (χ1n) is 8.01. The summed E-state index contributed by atoms with van der Waals surface area (Å²) in [6, 6.07) is 2.57. The van der Waals surface area contributed by atoms with E-state index < -0.39 is 0 Å². The zero-order valence-electron chi connectivity index (χ0n) is 13.2. The maximum atomic E-state index is 4.67. The maximum absolute atomic E-state index is 4.67. The van der Waals surface area contributed by atoms with Crippen molar-refractivity contribution in [1.82, 2.24) is 9.97 Å². The monoisotopic (exact) mass is 276 g/mol. The van der Waals surface area contributed by atoms with Gasteiger partial charge in [0.1, 0.15) is 17.5 Å². The van der Waals surface area contributed by atoms with Gasteiger partial charge in [-0.05, 0) is 25.7 Å². The van der Waals surface area contributed by atoms with E-state index in [1.165, 1.54) is 19.3 Å². The van der Waals surface area contributed by atoms with Crippen LogP contribution >= 0.6 is 0 Å². The predicted octanol–water partition coefficient (Wildman–Crippen LogP) is 4.02. The molecule has 2 N–H and O–H groups in total. The molecular weight excluding hydrogens is 248 g/mol. The fourth-order valence-electron chi connectivity index (χ4n) is 2.36. The summed E-state index contributed by atoms with van der Waals surface area (Å²) < 4.78 is 0. The molecule has 1 heterocycles. The van der Waals surface area contributed by atoms with Crippen LogP contribution in [0.3, 0.4) is 0 Å². The second kappa shape index (κ2) is 6.91. The molecule has 112 valence electrons. The lowest BCUT2D eigenvalue weighted by Gasteiger charge is -2.19. The van der Waals surface area contributed by atoms with Crippen LogP contribution in [-0.2, 0) is 0 Å². The van der Waals surface area contributed by atoms with Gasteiger partial charge in [0.25, 0.3) is 0 Å². The number of rotatable bonds is 8. The molecule has 1 aromatic rings. The molecule has 1 unspecified atom stereocenters. The van der Waals surface area contributed by atoms with Gasteiger partial charge in [-0.25, -0.2) is 9.97 Å². The van der Waals surface area contributed by atoms with E-state index in [9.17, 15) is 0 Å². The maximum Gasteiger partial charge on any atom is 0.135 e. The molecule has 1 aromatic heterocycles. The van der Waals surface area contributed by atoms with Gasteiger partial charge >= 0.3 is 0 Å². The van der Waals surface area contributed by atoms with E-state index in [0.29, 0.717) is 12.0 Å². The van der Waals surface area contributed by atoms with E-state index in [0.717, 1.165) is 36.3 Å². The molecule has 0 bridgehead atoms. The van der Waals surface area contributed by atoms with E-state index in [2.05, 4.69) is 48.3 Å². The molecule has 20 heavy (non-hydrogen) atoms. The number of nitrogens with zero attached hydrogens (tertiary/aromatic N) is 2. The average molecular weight is 276 g/mol. The summed E-state index contributed by atoms with van der Waals surface area (Å²) >= 11 is 0. The third kappa shape index (κ3) is 4.36. The second-order valence-electron chi connectivity index (χ2n) is 6.11. The van der Waals surface area contributed by atoms with E-state index in [4.69, 9.17) is 0 Å². The minimum absolute atomic E-state index is 0.345. The molecule has 2 rings (SSSR count). The summed E-state index contributed by atoms with van der Waals surface area (Å²) in [6.07, 6.45) is 5.23. The summed E-state index contributed by atoms with van der Waals surface area (Å²) in [5.74, 6) is 4.08. The van der Waals surface area contributed by atoms with Gasteiger partial charge in [-0.3, -0.25) is 0 Å². The van der Waals surface area contributed by atoms with Crippen molar-refractivity contribution in [2.24, 2.45) is 5.92 Å². The Morgan fingerprint density at radius 3 is 2.45 bits per heavy atom. The smallest absolute Gasteiger partial charge is 0.135 e. The number of hydrogen-bond donors (Lipinski definition) is 2. The van der Waals surface area contributed by atoms with Crippen LogP contribution in [0.4, 0.5) is 11.6 Å². The van der Waals surface area contributed by atoms with Gasteiger partial charge in [-0.1, -0.05) is 33.6 Å². The highest BCUT2D eigenvalue weighted by molar-refractivity contribution is 5.48. The SMILES string of the molecule is CCNc1cc(NC(CC)CC2CC2)nc(C(C)C)n1. The minimum atomic E-state index is 0.345. The van der Waals surface area contributed by atoms with Crippen molar-refractivity contribution in [3.63, 3.8) is 0 Å². The Labute approximate surface area is 122 Å². The highest BCUT2D eigenvalue weighted by Gasteiger charge is 2.25. The number of nitrogens with one attached hydrogen (secondary N) is 2. The molecule has 4 heteroatoms. The molecular formula is C16H28N4. The van der Waals surface area contributed by atoms with Crippen LogP contribution < -0.4 is 10.6 Å². The normalized spacial score (nSPS) is 16.2. The van der Waals surface area contributed by atoms with Crippen LogP contribution in [0.2, 0.25) is 0 Å². The van der Waals surface area contributed by atoms with Gasteiger partial charge in [0.15, 0.2) is 0 Å². The molecule has 0 aromatic carbocycles. The summed E-state index contributed by atoms with van der Waals surface area (Å²) in [4.78, 5) is 9.24. The van der Waals surface area contributed by atoms with Gasteiger partial charge in [0.2, 0.25) is 0 Å². The molecule has 0 amide bonds. The molecule has 0 saturated heterocycles. The Morgan fingerprint density at radius 1 is 1.20 bits per heavy atom. The summed E-state index contributed by atoms with van der Waals surface area (Å²) in [5.41, 5.74) is 0. The fraction of sp³-hybridized carbons (Fsp3) is 0.750. The lowest BCUT2D eigenvalue weighted by molar-refractivity contribution is 0.584. The molecule has 0 spiro atoms. The largest absolute Gasteiger partial charge is 0.370 e. The van der Waals surface area contributed by atoms with Crippen LogP contribution in [0.15, 0.2) is 6.07 Å². The Bertz CT molecular complexity index is 426. The van der Waals surface area contributed by atoms with Gasteiger partial charge in [0.05, 0.1) is 0 Å². The van der Waals surface area contributed by atoms with Gasteiger partial charge < -0.3 is 10.6 Å². The fourth-order valence-corrected chi connectivity index (χ4v) is 2.36. The van der Waals surface area contributed by atoms with Gasteiger partial charge in [0, 0.05) is 24.6 Å². The Hall–Kier alpha value is -1.32. The second-order valence-corrected chi connectivity index (χ2v) is 6.11. The first-order valence-corrected chi connectivity index (χ1v) is 8.01. The number of aromatic nitrogens is 2. The summed E-state index contributed by atoms with van der Waals surface area (Å²) in [7, 11) is 0. The third-order valence-electron chi connectivity index (χ3n) is 3.78. The van der Waals surface area contributed by atoms with E-state index >= 15 is 0 Å². The highest BCUT2D eigenvalue weighted by Crippen LogP contribution is 2.34. The van der Waals surface area contributed by atoms with Crippen molar-refractivity contribution < 1.29 is 0 Å². The Morgan fingerprint density at radius 2 is 1.90 bits per heavy atom. The van der Waals surface area contributed by atoms with Crippen molar-refractivity contribution >= 4 is 11.6 Å². The van der Waals surface area contributed by atoms with E-state index in [-0.39, 0.29) is 0 Å². The topological polar surface area (TPSA) is 49.8 Å². The molecule has 0 radical (unpaired) electrons.